The Bertz CT molecular complexity index is 504. The highest BCUT2D eigenvalue weighted by Crippen LogP contribution is 2.21. The van der Waals surface area contributed by atoms with Gasteiger partial charge in [-0.25, -0.2) is 0 Å². The summed E-state index contributed by atoms with van der Waals surface area (Å²) in [6.07, 6.45) is 3.08. The molecule has 1 saturated heterocycles. The van der Waals surface area contributed by atoms with Crippen molar-refractivity contribution in [3.8, 4) is 0 Å². The molecule has 6 nitrogen and oxygen atoms in total. The summed E-state index contributed by atoms with van der Waals surface area (Å²) in [5.41, 5.74) is 0.767. The van der Waals surface area contributed by atoms with Gasteiger partial charge in [-0.15, -0.1) is 0 Å². The Kier molecular flexibility index (Phi) is 4.68. The predicted molar refractivity (Wildman–Crippen MR) is 73.6 cm³/mol. The number of nitrogens with zero attached hydrogens (tertiary/aromatic N) is 2. The third kappa shape index (κ3) is 3.33. The van der Waals surface area contributed by atoms with E-state index in [1.807, 2.05) is 4.90 Å². The normalized spacial score (nSPS) is 19.7. The smallest absolute Gasteiger partial charge is 0.320 e. The lowest BCUT2D eigenvalue weighted by Crippen LogP contribution is -2.45. The second-order valence-corrected chi connectivity index (χ2v) is 5.02. The van der Waals surface area contributed by atoms with E-state index in [4.69, 9.17) is 0 Å². The maximum atomic E-state index is 11.2. The van der Waals surface area contributed by atoms with E-state index in [-0.39, 0.29) is 10.6 Å². The molecule has 1 atom stereocenters. The maximum absolute atomic E-state index is 11.2. The molecule has 1 fully saturated rings. The number of likely N-dealkylation sites (tertiary alicyclic amines) is 1. The molecule has 1 aromatic carbocycles. The number of piperidine rings is 1. The van der Waals surface area contributed by atoms with Crippen LogP contribution in [0, 0.1) is 10.1 Å². The predicted octanol–water partition coefficient (Wildman–Crippen LogP) is 2.08. The number of nitro benzene ring substituents is 1. The largest absolute Gasteiger partial charge is 0.480 e. The molecule has 1 heterocycles. The molecular formula is C14H18N2O4. The second-order valence-electron chi connectivity index (χ2n) is 5.02. The lowest BCUT2D eigenvalue weighted by atomic mass is 10.0. The van der Waals surface area contributed by atoms with Crippen molar-refractivity contribution in [2.45, 2.75) is 31.7 Å². The first-order chi connectivity index (χ1) is 9.59. The minimum atomic E-state index is -0.799. The van der Waals surface area contributed by atoms with E-state index in [1.54, 1.807) is 18.2 Å². The van der Waals surface area contributed by atoms with Crippen molar-refractivity contribution >= 4 is 11.7 Å². The van der Waals surface area contributed by atoms with Crippen LogP contribution in [0.4, 0.5) is 5.69 Å². The zero-order valence-electron chi connectivity index (χ0n) is 11.2. The van der Waals surface area contributed by atoms with Crippen LogP contribution < -0.4 is 0 Å². The zero-order chi connectivity index (χ0) is 14.5. The van der Waals surface area contributed by atoms with E-state index >= 15 is 0 Å². The molecule has 0 aliphatic carbocycles. The summed E-state index contributed by atoms with van der Waals surface area (Å²) in [5, 5.41) is 20.1. The van der Waals surface area contributed by atoms with Crippen LogP contribution in [0.1, 0.15) is 24.8 Å². The summed E-state index contributed by atoms with van der Waals surface area (Å²) in [6, 6.07) is 6.18. The summed E-state index contributed by atoms with van der Waals surface area (Å²) in [5.74, 6) is -0.799. The first-order valence-corrected chi connectivity index (χ1v) is 6.78. The number of hydrogen-bond acceptors (Lipinski definition) is 4. The molecule has 1 aliphatic rings. The van der Waals surface area contributed by atoms with Gasteiger partial charge in [0.2, 0.25) is 0 Å². The maximum Gasteiger partial charge on any atom is 0.320 e. The van der Waals surface area contributed by atoms with E-state index in [0.29, 0.717) is 24.9 Å². The monoisotopic (exact) mass is 278 g/mol. The van der Waals surface area contributed by atoms with Crippen LogP contribution in [0.15, 0.2) is 24.3 Å². The Balaban J connectivity index is 2.04. The minimum absolute atomic E-state index is 0.108. The molecule has 1 N–H and O–H groups in total. The molecule has 20 heavy (non-hydrogen) atoms. The number of carboxylic acid groups (broad SMARTS) is 1. The fourth-order valence-corrected chi connectivity index (χ4v) is 2.70. The molecule has 0 spiro atoms. The van der Waals surface area contributed by atoms with Crippen molar-refractivity contribution in [1.29, 1.82) is 0 Å². The van der Waals surface area contributed by atoms with Crippen LogP contribution in [0.3, 0.4) is 0 Å². The van der Waals surface area contributed by atoms with E-state index < -0.39 is 12.0 Å². The highest BCUT2D eigenvalue weighted by Gasteiger charge is 2.28. The summed E-state index contributed by atoms with van der Waals surface area (Å²) in [4.78, 5) is 23.7. The quantitative estimate of drug-likeness (QED) is 0.658. The van der Waals surface area contributed by atoms with Gasteiger partial charge >= 0.3 is 5.97 Å². The molecule has 1 unspecified atom stereocenters. The lowest BCUT2D eigenvalue weighted by molar-refractivity contribution is -0.385. The fourth-order valence-electron chi connectivity index (χ4n) is 2.70. The number of rotatable bonds is 5. The number of aliphatic carboxylic acids is 1. The Morgan fingerprint density at radius 3 is 2.85 bits per heavy atom. The Hall–Kier alpha value is -1.95. The highest BCUT2D eigenvalue weighted by atomic mass is 16.6. The van der Waals surface area contributed by atoms with E-state index in [2.05, 4.69) is 0 Å². The van der Waals surface area contributed by atoms with Crippen LogP contribution in [-0.2, 0) is 11.2 Å². The summed E-state index contributed by atoms with van der Waals surface area (Å²) in [6.45, 7) is 1.29. The molecule has 6 heteroatoms. The van der Waals surface area contributed by atoms with Crippen LogP contribution in [0.25, 0.3) is 0 Å². The van der Waals surface area contributed by atoms with Crippen molar-refractivity contribution in [2.75, 3.05) is 13.1 Å². The van der Waals surface area contributed by atoms with E-state index in [0.717, 1.165) is 19.4 Å². The number of nitro groups is 1. The van der Waals surface area contributed by atoms with Crippen molar-refractivity contribution < 1.29 is 14.8 Å². The molecule has 0 aromatic heterocycles. The van der Waals surface area contributed by atoms with Crippen molar-refractivity contribution in [1.82, 2.24) is 4.90 Å². The molecular weight excluding hydrogens is 260 g/mol. The Labute approximate surface area is 117 Å². The van der Waals surface area contributed by atoms with E-state index in [1.165, 1.54) is 6.07 Å². The van der Waals surface area contributed by atoms with Crippen molar-refractivity contribution in [3.05, 3.63) is 39.9 Å². The molecule has 0 radical (unpaired) electrons. The van der Waals surface area contributed by atoms with Gasteiger partial charge in [0.1, 0.15) is 6.04 Å². The van der Waals surface area contributed by atoms with Gasteiger partial charge in [0.25, 0.3) is 5.69 Å². The third-order valence-electron chi connectivity index (χ3n) is 3.76. The van der Waals surface area contributed by atoms with E-state index in [9.17, 15) is 20.0 Å². The van der Waals surface area contributed by atoms with Gasteiger partial charge in [-0.1, -0.05) is 24.6 Å². The number of carboxylic acids is 1. The number of hydrogen-bond donors (Lipinski definition) is 1. The molecule has 2 rings (SSSR count). The Morgan fingerprint density at radius 2 is 2.15 bits per heavy atom. The molecule has 0 amide bonds. The first kappa shape index (κ1) is 14.5. The topological polar surface area (TPSA) is 83.7 Å². The second kappa shape index (κ2) is 6.47. The summed E-state index contributed by atoms with van der Waals surface area (Å²) >= 11 is 0. The number of carbonyl (C=O) groups is 1. The van der Waals surface area contributed by atoms with Crippen LogP contribution in [0.5, 0.6) is 0 Å². The fraction of sp³-hybridized carbons (Fsp3) is 0.500. The van der Waals surface area contributed by atoms with Gasteiger partial charge in [-0.3, -0.25) is 19.8 Å². The first-order valence-electron chi connectivity index (χ1n) is 6.78. The van der Waals surface area contributed by atoms with Crippen LogP contribution >= 0.6 is 0 Å². The average Bonchev–Trinajstić information content (AvgIpc) is 2.45. The zero-order valence-corrected chi connectivity index (χ0v) is 11.2. The standard InChI is InChI=1S/C14H18N2O4/c17-14(18)13-7-3-4-9-15(13)10-8-11-5-1-2-6-12(11)16(19)20/h1-2,5-6,13H,3-4,7-10H2,(H,17,18). The SMILES string of the molecule is O=C(O)C1CCCCN1CCc1ccccc1[N+](=O)[O-]. The molecule has 1 aromatic rings. The number of para-hydroxylation sites is 1. The van der Waals surface area contributed by atoms with Crippen molar-refractivity contribution in [2.24, 2.45) is 0 Å². The van der Waals surface area contributed by atoms with Gasteiger partial charge in [-0.05, 0) is 25.8 Å². The Morgan fingerprint density at radius 1 is 1.40 bits per heavy atom. The molecule has 1 aliphatic heterocycles. The van der Waals surface area contributed by atoms with Crippen molar-refractivity contribution in [3.63, 3.8) is 0 Å². The molecule has 108 valence electrons. The molecule has 0 saturated carbocycles. The third-order valence-corrected chi connectivity index (χ3v) is 3.76. The lowest BCUT2D eigenvalue weighted by Gasteiger charge is -2.32. The van der Waals surface area contributed by atoms with Crippen LogP contribution in [-0.4, -0.2) is 40.0 Å². The number of benzene rings is 1. The van der Waals surface area contributed by atoms with Gasteiger partial charge in [0.15, 0.2) is 0 Å². The highest BCUT2D eigenvalue weighted by molar-refractivity contribution is 5.73. The van der Waals surface area contributed by atoms with Gasteiger partial charge in [0.05, 0.1) is 4.92 Å². The minimum Gasteiger partial charge on any atom is -0.480 e. The molecule has 0 bridgehead atoms. The summed E-state index contributed by atoms with van der Waals surface area (Å²) in [7, 11) is 0. The van der Waals surface area contributed by atoms with Gasteiger partial charge in [-0.2, -0.15) is 0 Å². The average molecular weight is 278 g/mol. The van der Waals surface area contributed by atoms with Gasteiger partial charge in [0, 0.05) is 18.2 Å². The summed E-state index contributed by atoms with van der Waals surface area (Å²) < 4.78 is 0. The van der Waals surface area contributed by atoms with Gasteiger partial charge < -0.3 is 5.11 Å². The van der Waals surface area contributed by atoms with Crippen LogP contribution in [0.2, 0.25) is 0 Å².